The zero-order valence-corrected chi connectivity index (χ0v) is 16.8. The van der Waals surface area contributed by atoms with Crippen LogP contribution in [0.5, 0.6) is 0 Å². The summed E-state index contributed by atoms with van der Waals surface area (Å²) in [6.45, 7) is 4.24. The molecule has 2 N–H and O–H groups in total. The highest BCUT2D eigenvalue weighted by Gasteiger charge is 2.29. The van der Waals surface area contributed by atoms with Gasteiger partial charge in [-0.1, -0.05) is 18.7 Å². The maximum absolute atomic E-state index is 12.5. The molecule has 7 nitrogen and oxygen atoms in total. The Morgan fingerprint density at radius 1 is 1.48 bits per heavy atom. The summed E-state index contributed by atoms with van der Waals surface area (Å²) in [6.07, 6.45) is 4.14. The molecule has 1 amide bonds. The average molecular weight is 408 g/mol. The van der Waals surface area contributed by atoms with Crippen LogP contribution in [-0.2, 0) is 22.4 Å². The molecule has 0 saturated heterocycles. The first-order chi connectivity index (χ1) is 13.0. The predicted octanol–water partition coefficient (Wildman–Crippen LogP) is 2.86. The molecule has 2 aromatic heterocycles. The highest BCUT2D eigenvalue weighted by molar-refractivity contribution is 7.99. The maximum Gasteiger partial charge on any atom is 0.341 e. The van der Waals surface area contributed by atoms with Gasteiger partial charge in [0.05, 0.1) is 17.9 Å². The molecule has 0 spiro atoms. The molecule has 0 radical (unpaired) electrons. The Hall–Kier alpha value is -2.13. The van der Waals surface area contributed by atoms with Gasteiger partial charge in [0.1, 0.15) is 5.00 Å². The van der Waals surface area contributed by atoms with Gasteiger partial charge < -0.3 is 15.0 Å². The molecule has 1 atom stereocenters. The number of rotatable bonds is 6. The predicted molar refractivity (Wildman–Crippen MR) is 106 cm³/mol. The zero-order chi connectivity index (χ0) is 19.4. The molecule has 3 rings (SSSR count). The second-order valence-corrected chi connectivity index (χ2v) is 8.42. The topological polar surface area (TPSA) is 101 Å². The second kappa shape index (κ2) is 8.71. The van der Waals surface area contributed by atoms with E-state index in [1.807, 2.05) is 0 Å². The number of thiophene rings is 1. The zero-order valence-electron chi connectivity index (χ0n) is 15.2. The number of carbonyl (C=O) groups excluding carboxylic acids is 2. The normalized spacial score (nSPS) is 15.9. The van der Waals surface area contributed by atoms with Crippen LogP contribution >= 0.6 is 23.1 Å². The molecule has 1 aliphatic carbocycles. The van der Waals surface area contributed by atoms with Crippen LogP contribution in [0.25, 0.3) is 0 Å². The Labute approximate surface area is 164 Å². The molecular weight excluding hydrogens is 386 g/mol. The van der Waals surface area contributed by atoms with Crippen molar-refractivity contribution in [2.75, 3.05) is 17.7 Å². The van der Waals surface area contributed by atoms with E-state index in [1.165, 1.54) is 23.6 Å². The van der Waals surface area contributed by atoms with Gasteiger partial charge >= 0.3 is 5.97 Å². The van der Waals surface area contributed by atoms with Crippen LogP contribution < -0.4 is 10.9 Å². The van der Waals surface area contributed by atoms with E-state index in [-0.39, 0.29) is 29.8 Å². The van der Waals surface area contributed by atoms with Crippen molar-refractivity contribution >= 4 is 40.0 Å². The highest BCUT2D eigenvalue weighted by Crippen LogP contribution is 2.40. The smallest absolute Gasteiger partial charge is 0.341 e. The minimum absolute atomic E-state index is 0.0776. The van der Waals surface area contributed by atoms with Gasteiger partial charge in [-0.25, -0.2) is 9.78 Å². The van der Waals surface area contributed by atoms with E-state index in [1.54, 1.807) is 6.92 Å². The number of thioether (sulfide) groups is 1. The lowest BCUT2D eigenvalue weighted by Gasteiger charge is -2.18. The van der Waals surface area contributed by atoms with Gasteiger partial charge in [-0.2, -0.15) is 0 Å². The van der Waals surface area contributed by atoms with Gasteiger partial charge in [-0.05, 0) is 37.7 Å². The molecule has 0 aliphatic heterocycles. The Morgan fingerprint density at radius 2 is 2.30 bits per heavy atom. The van der Waals surface area contributed by atoms with Crippen molar-refractivity contribution in [1.82, 2.24) is 9.97 Å². The number of fused-ring (bicyclic) bond motifs is 1. The number of nitrogens with one attached hydrogen (secondary N) is 2. The van der Waals surface area contributed by atoms with E-state index < -0.39 is 0 Å². The molecule has 2 heterocycles. The third-order valence-corrected chi connectivity index (χ3v) is 6.29. The quantitative estimate of drug-likeness (QED) is 0.434. The molecular formula is C18H21N3O4S2. The Bertz CT molecular complexity index is 906. The fourth-order valence-electron chi connectivity index (χ4n) is 2.98. The van der Waals surface area contributed by atoms with Gasteiger partial charge in [0, 0.05) is 17.1 Å². The van der Waals surface area contributed by atoms with E-state index in [2.05, 4.69) is 22.2 Å². The van der Waals surface area contributed by atoms with E-state index in [0.717, 1.165) is 41.5 Å². The number of hydrogen-bond acceptors (Lipinski definition) is 7. The van der Waals surface area contributed by atoms with Crippen molar-refractivity contribution in [2.24, 2.45) is 5.92 Å². The summed E-state index contributed by atoms with van der Waals surface area (Å²) >= 11 is 2.59. The Morgan fingerprint density at radius 3 is 3.04 bits per heavy atom. The molecule has 9 heteroatoms. The molecule has 0 fully saturated rings. The van der Waals surface area contributed by atoms with Crippen LogP contribution in [-0.4, -0.2) is 34.2 Å². The summed E-state index contributed by atoms with van der Waals surface area (Å²) in [5, 5.41) is 3.77. The average Bonchev–Trinajstić information content (AvgIpc) is 2.97. The number of nitrogens with zero attached hydrogens (tertiary/aromatic N) is 1. The molecule has 0 bridgehead atoms. The summed E-state index contributed by atoms with van der Waals surface area (Å²) < 4.78 is 5.21. The SMILES string of the molecule is CCOC(=O)c1c(NC(=O)CSc2nccc(=O)[nH]2)sc2c1CCC(C)C2. The van der Waals surface area contributed by atoms with Crippen molar-refractivity contribution in [2.45, 2.75) is 38.3 Å². The maximum atomic E-state index is 12.5. The lowest BCUT2D eigenvalue weighted by molar-refractivity contribution is -0.113. The number of anilines is 1. The van der Waals surface area contributed by atoms with Crippen LogP contribution in [0.3, 0.4) is 0 Å². The second-order valence-electron chi connectivity index (χ2n) is 6.35. The number of aromatic amines is 1. The van der Waals surface area contributed by atoms with Gasteiger partial charge in [0.2, 0.25) is 5.91 Å². The first kappa shape index (κ1) is 19.6. The molecule has 2 aromatic rings. The molecule has 1 unspecified atom stereocenters. The number of carbonyl (C=O) groups is 2. The molecule has 0 aromatic carbocycles. The number of aromatic nitrogens is 2. The summed E-state index contributed by atoms with van der Waals surface area (Å²) in [4.78, 5) is 43.8. The van der Waals surface area contributed by atoms with Crippen molar-refractivity contribution in [3.63, 3.8) is 0 Å². The monoisotopic (exact) mass is 407 g/mol. The van der Waals surface area contributed by atoms with Crippen molar-refractivity contribution in [3.8, 4) is 0 Å². The van der Waals surface area contributed by atoms with E-state index in [4.69, 9.17) is 4.74 Å². The number of amides is 1. The largest absolute Gasteiger partial charge is 0.462 e. The minimum Gasteiger partial charge on any atom is -0.462 e. The highest BCUT2D eigenvalue weighted by atomic mass is 32.2. The van der Waals surface area contributed by atoms with Gasteiger partial charge in [-0.15, -0.1) is 11.3 Å². The number of ether oxygens (including phenoxy) is 1. The first-order valence-corrected chi connectivity index (χ1v) is 10.6. The Balaban J connectivity index is 1.75. The fourth-order valence-corrected chi connectivity index (χ4v) is 5.04. The van der Waals surface area contributed by atoms with Crippen molar-refractivity contribution in [1.29, 1.82) is 0 Å². The fraction of sp³-hybridized carbons (Fsp3) is 0.444. The van der Waals surface area contributed by atoms with Crippen molar-refractivity contribution in [3.05, 3.63) is 38.6 Å². The summed E-state index contributed by atoms with van der Waals surface area (Å²) in [6, 6.07) is 1.31. The standard InChI is InChI=1S/C18H21N3O4S2/c1-3-25-17(24)15-11-5-4-10(2)8-12(11)27-16(15)20-14(23)9-26-18-19-7-6-13(22)21-18/h6-7,10H,3-5,8-9H2,1-2H3,(H,20,23)(H,19,21,22). The summed E-state index contributed by atoms with van der Waals surface area (Å²) in [5.74, 6) is -0.00897. The van der Waals surface area contributed by atoms with Crippen LogP contribution in [0.2, 0.25) is 0 Å². The first-order valence-electron chi connectivity index (χ1n) is 8.77. The van der Waals surface area contributed by atoms with Crippen LogP contribution in [0, 0.1) is 5.92 Å². The molecule has 144 valence electrons. The lowest BCUT2D eigenvalue weighted by Crippen LogP contribution is -2.18. The molecule has 27 heavy (non-hydrogen) atoms. The van der Waals surface area contributed by atoms with Gasteiger partial charge in [-0.3, -0.25) is 9.59 Å². The molecule has 0 saturated carbocycles. The summed E-state index contributed by atoms with van der Waals surface area (Å²) in [7, 11) is 0. The lowest BCUT2D eigenvalue weighted by atomic mass is 9.88. The molecule has 1 aliphatic rings. The van der Waals surface area contributed by atoms with Crippen LogP contribution in [0.1, 0.15) is 41.1 Å². The van der Waals surface area contributed by atoms with Gasteiger partial charge in [0.15, 0.2) is 5.16 Å². The number of esters is 1. The van der Waals surface area contributed by atoms with E-state index >= 15 is 0 Å². The van der Waals surface area contributed by atoms with Crippen molar-refractivity contribution < 1.29 is 14.3 Å². The minimum atomic E-state index is -0.387. The van der Waals surface area contributed by atoms with Gasteiger partial charge in [0.25, 0.3) is 5.56 Å². The summed E-state index contributed by atoms with van der Waals surface area (Å²) in [5.41, 5.74) is 1.24. The van der Waals surface area contributed by atoms with E-state index in [9.17, 15) is 14.4 Å². The number of hydrogen-bond donors (Lipinski definition) is 2. The number of H-pyrrole nitrogens is 1. The third kappa shape index (κ3) is 4.78. The van der Waals surface area contributed by atoms with Crippen LogP contribution in [0.15, 0.2) is 22.2 Å². The van der Waals surface area contributed by atoms with E-state index in [0.29, 0.717) is 21.6 Å². The van der Waals surface area contributed by atoms with Crippen LogP contribution in [0.4, 0.5) is 5.00 Å². The Kier molecular flexibility index (Phi) is 6.33. The third-order valence-electron chi connectivity index (χ3n) is 4.23.